The van der Waals surface area contributed by atoms with Gasteiger partial charge in [-0.1, -0.05) is 12.1 Å². The first kappa shape index (κ1) is 17.1. The second kappa shape index (κ2) is 9.06. The van der Waals surface area contributed by atoms with Gasteiger partial charge in [-0.3, -0.25) is 4.79 Å². The molecule has 0 aliphatic heterocycles. The van der Waals surface area contributed by atoms with E-state index < -0.39 is 0 Å². The van der Waals surface area contributed by atoms with Gasteiger partial charge in [0.1, 0.15) is 5.88 Å². The second-order valence-electron chi connectivity index (χ2n) is 3.90. The van der Waals surface area contributed by atoms with Crippen LogP contribution >= 0.6 is 11.6 Å². The highest BCUT2D eigenvalue weighted by molar-refractivity contribution is 6.27. The van der Waals surface area contributed by atoms with Crippen molar-refractivity contribution in [3.63, 3.8) is 0 Å². The van der Waals surface area contributed by atoms with E-state index in [9.17, 15) is 4.79 Å². The molecule has 1 N–H and O–H groups in total. The molecular weight excluding hydrogens is 271 g/mol. The Labute approximate surface area is 120 Å². The number of halogens is 2. The molecule has 3 nitrogen and oxygen atoms in total. The lowest BCUT2D eigenvalue weighted by atomic mass is 10.2. The Bertz CT molecular complexity index is 372. The van der Waals surface area contributed by atoms with Gasteiger partial charge in [0.2, 0.25) is 5.91 Å². The predicted octanol–water partition coefficient (Wildman–Crippen LogP) is -0.820. The van der Waals surface area contributed by atoms with Crippen LogP contribution < -0.4 is 22.6 Å². The van der Waals surface area contributed by atoms with E-state index in [2.05, 4.69) is 42.3 Å². The van der Waals surface area contributed by atoms with Crippen LogP contribution in [0.25, 0.3) is 0 Å². The van der Waals surface area contributed by atoms with Crippen molar-refractivity contribution in [3.8, 4) is 0 Å². The number of alkyl halides is 1. The number of hydrogen-bond donors (Lipinski definition) is 1. The van der Waals surface area contributed by atoms with Crippen LogP contribution in [0.2, 0.25) is 0 Å². The van der Waals surface area contributed by atoms with Gasteiger partial charge in [-0.25, -0.2) is 0 Å². The maximum atomic E-state index is 11.0. The first-order valence-corrected chi connectivity index (χ1v) is 6.35. The molecule has 0 spiro atoms. The summed E-state index contributed by atoms with van der Waals surface area (Å²) in [6.45, 7) is 6.51. The molecule has 1 aromatic carbocycles. The lowest BCUT2D eigenvalue weighted by Crippen LogP contribution is -3.00. The van der Waals surface area contributed by atoms with Crippen molar-refractivity contribution in [2.24, 2.45) is 0 Å². The highest BCUT2D eigenvalue weighted by Gasteiger charge is 2.04. The molecule has 1 rings (SSSR count). The molecule has 18 heavy (non-hydrogen) atoms. The van der Waals surface area contributed by atoms with Crippen LogP contribution in [-0.2, 0) is 4.79 Å². The summed E-state index contributed by atoms with van der Waals surface area (Å²) in [6, 6.07) is 8.35. The van der Waals surface area contributed by atoms with E-state index in [1.807, 2.05) is 6.07 Å². The summed E-state index contributed by atoms with van der Waals surface area (Å²) in [5.74, 6) is -0.0942. The van der Waals surface area contributed by atoms with Gasteiger partial charge in [-0.05, 0) is 31.5 Å². The van der Waals surface area contributed by atoms with Gasteiger partial charge in [0.15, 0.2) is 0 Å². The predicted molar refractivity (Wildman–Crippen MR) is 72.8 cm³/mol. The third-order valence-corrected chi connectivity index (χ3v) is 2.82. The van der Waals surface area contributed by atoms with E-state index in [1.54, 1.807) is 0 Å². The van der Waals surface area contributed by atoms with E-state index in [0.29, 0.717) is 6.54 Å². The standard InChI is InChI=1S/C13H19ClN2O.ClH/c1-3-16(8-7-15-13(17)10-14)12-6-4-5-11(2)9-12;/h4-6,9H,3,7-8,10H2,1-2H3,(H,15,17);1H/p-1. The van der Waals surface area contributed by atoms with Gasteiger partial charge < -0.3 is 22.6 Å². The topological polar surface area (TPSA) is 32.3 Å². The third kappa shape index (κ3) is 5.61. The Kier molecular flexibility index (Phi) is 8.59. The fourth-order valence-electron chi connectivity index (χ4n) is 1.67. The zero-order valence-electron chi connectivity index (χ0n) is 10.7. The van der Waals surface area contributed by atoms with Crippen LogP contribution in [0.1, 0.15) is 12.5 Å². The number of carbonyl (C=O) groups excluding carboxylic acids is 1. The number of hydrogen-bond acceptors (Lipinski definition) is 2. The third-order valence-electron chi connectivity index (χ3n) is 2.57. The minimum Gasteiger partial charge on any atom is -1.00 e. The van der Waals surface area contributed by atoms with Gasteiger partial charge in [-0.15, -0.1) is 11.6 Å². The zero-order chi connectivity index (χ0) is 12.7. The van der Waals surface area contributed by atoms with Crippen LogP contribution in [0.3, 0.4) is 0 Å². The first-order chi connectivity index (χ1) is 8.17. The minimum absolute atomic E-state index is 0. The zero-order valence-corrected chi connectivity index (χ0v) is 12.3. The van der Waals surface area contributed by atoms with Gasteiger partial charge in [0.25, 0.3) is 0 Å². The van der Waals surface area contributed by atoms with Gasteiger partial charge in [0.05, 0.1) is 0 Å². The smallest absolute Gasteiger partial charge is 0.234 e. The Morgan fingerprint density at radius 2 is 2.17 bits per heavy atom. The summed E-state index contributed by atoms with van der Waals surface area (Å²) in [4.78, 5) is 13.2. The van der Waals surface area contributed by atoms with Gasteiger partial charge in [0, 0.05) is 25.3 Å². The van der Waals surface area contributed by atoms with E-state index in [4.69, 9.17) is 11.6 Å². The molecule has 5 heteroatoms. The number of aryl methyl sites for hydroxylation is 1. The van der Waals surface area contributed by atoms with E-state index in [0.717, 1.165) is 13.1 Å². The van der Waals surface area contributed by atoms with Crippen molar-refractivity contribution in [1.82, 2.24) is 5.32 Å². The number of nitrogens with zero attached hydrogens (tertiary/aromatic N) is 1. The number of carbonyl (C=O) groups is 1. The monoisotopic (exact) mass is 289 g/mol. The van der Waals surface area contributed by atoms with Crippen LogP contribution in [0.5, 0.6) is 0 Å². The van der Waals surface area contributed by atoms with E-state index >= 15 is 0 Å². The SMILES string of the molecule is CCN(CCNC(=O)CCl)c1cccc(C)c1.[Cl-]. The summed E-state index contributed by atoms with van der Waals surface area (Å²) in [5, 5.41) is 2.77. The summed E-state index contributed by atoms with van der Waals surface area (Å²) in [7, 11) is 0. The highest BCUT2D eigenvalue weighted by atomic mass is 35.5. The summed E-state index contributed by atoms with van der Waals surface area (Å²) in [6.07, 6.45) is 0. The highest BCUT2D eigenvalue weighted by Crippen LogP contribution is 2.14. The minimum atomic E-state index is -0.119. The van der Waals surface area contributed by atoms with Gasteiger partial charge in [-0.2, -0.15) is 0 Å². The number of amides is 1. The average Bonchev–Trinajstić information content (AvgIpc) is 2.34. The van der Waals surface area contributed by atoms with Crippen LogP contribution in [0, 0.1) is 6.92 Å². The molecule has 0 aromatic heterocycles. The molecule has 1 aromatic rings. The molecule has 0 bridgehead atoms. The molecule has 0 aliphatic rings. The first-order valence-electron chi connectivity index (χ1n) is 5.81. The maximum Gasteiger partial charge on any atom is 0.234 e. The molecule has 0 heterocycles. The number of likely N-dealkylation sites (N-methyl/N-ethyl adjacent to an activating group) is 1. The molecule has 0 unspecified atom stereocenters. The van der Waals surface area contributed by atoms with Crippen molar-refractivity contribution in [3.05, 3.63) is 29.8 Å². The summed E-state index contributed by atoms with van der Waals surface area (Å²) in [5.41, 5.74) is 2.43. The molecule has 0 radical (unpaired) electrons. The number of anilines is 1. The fourth-order valence-corrected chi connectivity index (χ4v) is 1.77. The Balaban J connectivity index is 0.00000289. The molecule has 0 atom stereocenters. The van der Waals surface area contributed by atoms with Crippen LogP contribution in [-0.4, -0.2) is 31.4 Å². The van der Waals surface area contributed by atoms with Gasteiger partial charge >= 0.3 is 0 Å². The van der Waals surface area contributed by atoms with Crippen molar-refractivity contribution < 1.29 is 17.2 Å². The Morgan fingerprint density at radius 3 is 2.72 bits per heavy atom. The van der Waals surface area contributed by atoms with E-state index in [1.165, 1.54) is 11.3 Å². The lowest BCUT2D eigenvalue weighted by Gasteiger charge is -2.23. The fraction of sp³-hybridized carbons (Fsp3) is 0.462. The number of nitrogens with one attached hydrogen (secondary N) is 1. The normalized spacial score (nSPS) is 9.50. The number of benzene rings is 1. The molecule has 0 saturated heterocycles. The largest absolute Gasteiger partial charge is 1.00 e. The average molecular weight is 290 g/mol. The summed E-state index contributed by atoms with van der Waals surface area (Å²) < 4.78 is 0. The molecule has 0 aliphatic carbocycles. The van der Waals surface area contributed by atoms with Crippen LogP contribution in [0.15, 0.2) is 24.3 Å². The van der Waals surface area contributed by atoms with E-state index in [-0.39, 0.29) is 24.2 Å². The molecule has 0 fully saturated rings. The Hall–Kier alpha value is -0.930. The maximum absolute atomic E-state index is 11.0. The van der Waals surface area contributed by atoms with Crippen LogP contribution in [0.4, 0.5) is 5.69 Å². The lowest BCUT2D eigenvalue weighted by molar-refractivity contribution is -0.118. The van der Waals surface area contributed by atoms with Crippen molar-refractivity contribution in [2.45, 2.75) is 13.8 Å². The van der Waals surface area contributed by atoms with Crippen molar-refractivity contribution >= 4 is 23.2 Å². The molecule has 102 valence electrons. The molecular formula is C13H19Cl2N2O-. The second-order valence-corrected chi connectivity index (χ2v) is 4.17. The van der Waals surface area contributed by atoms with Crippen molar-refractivity contribution in [1.29, 1.82) is 0 Å². The quantitative estimate of drug-likeness (QED) is 0.694. The van der Waals surface area contributed by atoms with Crippen molar-refractivity contribution in [2.75, 3.05) is 30.4 Å². The number of rotatable bonds is 6. The molecule has 1 amide bonds. The summed E-state index contributed by atoms with van der Waals surface area (Å²) >= 11 is 5.41. The molecule has 0 saturated carbocycles. The Morgan fingerprint density at radius 1 is 1.44 bits per heavy atom.